The van der Waals surface area contributed by atoms with Gasteiger partial charge in [0.25, 0.3) is 0 Å². The van der Waals surface area contributed by atoms with Crippen LogP contribution >= 0.6 is 11.3 Å². The van der Waals surface area contributed by atoms with Crippen molar-refractivity contribution < 1.29 is 4.79 Å². The molecule has 0 aromatic carbocycles. The average molecular weight is 294 g/mol. The van der Waals surface area contributed by atoms with Crippen LogP contribution in [0.2, 0.25) is 0 Å². The van der Waals surface area contributed by atoms with Crippen molar-refractivity contribution in [1.82, 2.24) is 10.2 Å². The first kappa shape index (κ1) is 15.5. The summed E-state index contributed by atoms with van der Waals surface area (Å²) in [6.45, 7) is 11.4. The molecule has 1 amide bonds. The Balaban J connectivity index is 2.22. The number of nitrogens with zero attached hydrogens (tertiary/aromatic N) is 1. The van der Waals surface area contributed by atoms with Crippen molar-refractivity contribution >= 4 is 17.2 Å². The highest BCUT2D eigenvalue weighted by Crippen LogP contribution is 2.29. The van der Waals surface area contributed by atoms with Crippen molar-refractivity contribution in [1.29, 1.82) is 0 Å². The third-order valence-corrected chi connectivity index (χ3v) is 5.21. The molecule has 0 bridgehead atoms. The van der Waals surface area contributed by atoms with E-state index < -0.39 is 5.54 Å². The minimum absolute atomic E-state index is 0.159. The summed E-state index contributed by atoms with van der Waals surface area (Å²) in [5, 5.41) is 7.88. The first-order chi connectivity index (χ1) is 9.37. The molecule has 2 rings (SSSR count). The maximum Gasteiger partial charge on any atom is 0.244 e. The van der Waals surface area contributed by atoms with Crippen molar-refractivity contribution in [2.45, 2.75) is 65.7 Å². The smallest absolute Gasteiger partial charge is 0.244 e. The SMILES string of the molecule is CCC1(C)NC(CC(C)C)N(Cc2cscc2C)C1=O. The number of carbonyl (C=O) groups excluding carboxylic acids is 1. The molecule has 0 spiro atoms. The van der Waals surface area contributed by atoms with Gasteiger partial charge in [0.2, 0.25) is 5.91 Å². The first-order valence-corrected chi connectivity index (χ1v) is 8.42. The van der Waals surface area contributed by atoms with Crippen LogP contribution in [0.15, 0.2) is 10.8 Å². The number of nitrogens with one attached hydrogen (secondary N) is 1. The van der Waals surface area contributed by atoms with Crippen molar-refractivity contribution in [3.63, 3.8) is 0 Å². The van der Waals surface area contributed by atoms with Gasteiger partial charge < -0.3 is 4.90 Å². The Morgan fingerprint density at radius 3 is 2.65 bits per heavy atom. The molecule has 0 radical (unpaired) electrons. The molecule has 4 heteroatoms. The fourth-order valence-corrected chi connectivity index (χ4v) is 3.61. The van der Waals surface area contributed by atoms with Gasteiger partial charge in [0, 0.05) is 6.54 Å². The van der Waals surface area contributed by atoms with E-state index in [9.17, 15) is 4.79 Å². The predicted octanol–water partition coefficient (Wildman–Crippen LogP) is 3.53. The first-order valence-electron chi connectivity index (χ1n) is 7.47. The number of hydrogen-bond donors (Lipinski definition) is 1. The van der Waals surface area contributed by atoms with Crippen LogP contribution in [0.4, 0.5) is 0 Å². The van der Waals surface area contributed by atoms with Crippen LogP contribution in [0, 0.1) is 12.8 Å². The molecule has 0 aliphatic carbocycles. The van der Waals surface area contributed by atoms with Crippen molar-refractivity contribution in [2.75, 3.05) is 0 Å². The van der Waals surface area contributed by atoms with E-state index in [4.69, 9.17) is 0 Å². The lowest BCUT2D eigenvalue weighted by molar-refractivity contribution is -0.133. The van der Waals surface area contributed by atoms with Gasteiger partial charge in [-0.15, -0.1) is 0 Å². The molecule has 1 N–H and O–H groups in total. The molecule has 2 unspecified atom stereocenters. The molecule has 1 fully saturated rings. The normalized spacial score (nSPS) is 26.8. The topological polar surface area (TPSA) is 32.3 Å². The molecule has 2 atom stereocenters. The molecule has 2 heterocycles. The fourth-order valence-electron chi connectivity index (χ4n) is 2.77. The highest BCUT2D eigenvalue weighted by molar-refractivity contribution is 7.08. The Bertz CT molecular complexity index is 483. The summed E-state index contributed by atoms with van der Waals surface area (Å²) in [5.41, 5.74) is 2.17. The van der Waals surface area contributed by atoms with E-state index in [0.717, 1.165) is 19.4 Å². The molecule has 1 aliphatic heterocycles. The van der Waals surface area contributed by atoms with Gasteiger partial charge in [0.15, 0.2) is 0 Å². The number of rotatable bonds is 5. The third kappa shape index (κ3) is 2.91. The van der Waals surface area contributed by atoms with Crippen molar-refractivity contribution in [2.24, 2.45) is 5.92 Å². The van der Waals surface area contributed by atoms with Crippen LogP contribution in [0.25, 0.3) is 0 Å². The molecule has 3 nitrogen and oxygen atoms in total. The Hall–Kier alpha value is -0.870. The molecule has 112 valence electrons. The van der Waals surface area contributed by atoms with Crippen LogP contribution in [0.3, 0.4) is 0 Å². The summed E-state index contributed by atoms with van der Waals surface area (Å²) in [6, 6.07) is 0. The van der Waals surface area contributed by atoms with Gasteiger partial charge in [0.1, 0.15) is 0 Å². The number of aryl methyl sites for hydroxylation is 1. The standard InChI is InChI=1S/C16H26N2OS/c1-6-16(5)15(19)18(14(17-16)7-11(2)3)8-13-10-20-9-12(13)4/h9-11,14,17H,6-8H2,1-5H3. The summed E-state index contributed by atoms with van der Waals surface area (Å²) in [5.74, 6) is 0.821. The van der Waals surface area contributed by atoms with Gasteiger partial charge in [-0.05, 0) is 54.5 Å². The number of hydrogen-bond acceptors (Lipinski definition) is 3. The zero-order chi connectivity index (χ0) is 14.9. The lowest BCUT2D eigenvalue weighted by Crippen LogP contribution is -2.44. The van der Waals surface area contributed by atoms with Gasteiger partial charge in [-0.25, -0.2) is 0 Å². The van der Waals surface area contributed by atoms with Crippen LogP contribution in [0.5, 0.6) is 0 Å². The van der Waals surface area contributed by atoms with Gasteiger partial charge in [-0.1, -0.05) is 20.8 Å². The second-order valence-corrected chi connectivity index (χ2v) is 7.23. The lowest BCUT2D eigenvalue weighted by Gasteiger charge is -2.25. The van der Waals surface area contributed by atoms with Gasteiger partial charge in [0.05, 0.1) is 11.7 Å². The summed E-state index contributed by atoms with van der Waals surface area (Å²) >= 11 is 1.71. The maximum atomic E-state index is 12.8. The Morgan fingerprint density at radius 2 is 2.15 bits per heavy atom. The molecule has 1 aromatic rings. The second kappa shape index (κ2) is 5.86. The summed E-state index contributed by atoms with van der Waals surface area (Å²) in [6.07, 6.45) is 2.00. The van der Waals surface area contributed by atoms with E-state index in [2.05, 4.69) is 43.8 Å². The zero-order valence-electron chi connectivity index (χ0n) is 13.2. The maximum absolute atomic E-state index is 12.8. The molecule has 0 saturated carbocycles. The van der Waals surface area contributed by atoms with Crippen LogP contribution in [-0.2, 0) is 11.3 Å². The molecular weight excluding hydrogens is 268 g/mol. The fraction of sp³-hybridized carbons (Fsp3) is 0.688. The molecule has 20 heavy (non-hydrogen) atoms. The van der Waals surface area contributed by atoms with E-state index in [1.54, 1.807) is 11.3 Å². The van der Waals surface area contributed by atoms with Gasteiger partial charge in [-0.2, -0.15) is 11.3 Å². The summed E-state index contributed by atoms with van der Waals surface area (Å²) < 4.78 is 0. The van der Waals surface area contributed by atoms with Gasteiger partial charge >= 0.3 is 0 Å². The number of amides is 1. The van der Waals surface area contributed by atoms with Crippen LogP contribution in [-0.4, -0.2) is 22.5 Å². The highest BCUT2D eigenvalue weighted by atomic mass is 32.1. The predicted molar refractivity (Wildman–Crippen MR) is 84.7 cm³/mol. The lowest BCUT2D eigenvalue weighted by atomic mass is 9.99. The number of carbonyl (C=O) groups is 1. The minimum Gasteiger partial charge on any atom is -0.321 e. The van der Waals surface area contributed by atoms with E-state index in [1.807, 2.05) is 11.8 Å². The minimum atomic E-state index is -0.399. The van der Waals surface area contributed by atoms with Crippen molar-refractivity contribution in [3.8, 4) is 0 Å². The summed E-state index contributed by atoms with van der Waals surface area (Å²) in [7, 11) is 0. The zero-order valence-corrected chi connectivity index (χ0v) is 14.0. The van der Waals surface area contributed by atoms with E-state index in [0.29, 0.717) is 5.92 Å². The van der Waals surface area contributed by atoms with Crippen LogP contribution < -0.4 is 5.32 Å². The number of thiophene rings is 1. The molecule has 1 aliphatic rings. The summed E-state index contributed by atoms with van der Waals surface area (Å²) in [4.78, 5) is 14.8. The van der Waals surface area contributed by atoms with E-state index >= 15 is 0 Å². The van der Waals surface area contributed by atoms with E-state index in [1.165, 1.54) is 11.1 Å². The Kier molecular flexibility index (Phi) is 4.55. The van der Waals surface area contributed by atoms with Crippen LogP contribution in [0.1, 0.15) is 51.7 Å². The van der Waals surface area contributed by atoms with Crippen molar-refractivity contribution in [3.05, 3.63) is 21.9 Å². The largest absolute Gasteiger partial charge is 0.321 e. The monoisotopic (exact) mass is 294 g/mol. The molecule has 1 aromatic heterocycles. The Labute approximate surface area is 126 Å². The second-order valence-electron chi connectivity index (χ2n) is 6.49. The third-order valence-electron chi connectivity index (χ3n) is 4.30. The quantitative estimate of drug-likeness (QED) is 0.901. The average Bonchev–Trinajstić information content (AvgIpc) is 2.87. The Morgan fingerprint density at radius 1 is 1.45 bits per heavy atom. The van der Waals surface area contributed by atoms with E-state index in [-0.39, 0.29) is 12.1 Å². The highest BCUT2D eigenvalue weighted by Gasteiger charge is 2.46. The molecule has 1 saturated heterocycles. The molecular formula is C16H26N2OS. The van der Waals surface area contributed by atoms with Gasteiger partial charge in [-0.3, -0.25) is 10.1 Å².